The molecule has 0 bridgehead atoms. The number of carbonyl (C=O) groups excluding carboxylic acids is 2. The molecule has 0 saturated carbocycles. The van der Waals surface area contributed by atoms with Gasteiger partial charge in [0.05, 0.1) is 27.7 Å². The van der Waals surface area contributed by atoms with Crippen LogP contribution < -0.4 is 0 Å². The van der Waals surface area contributed by atoms with E-state index in [-0.39, 0.29) is 32.0 Å². The lowest BCUT2D eigenvalue weighted by Gasteiger charge is -2.24. The Morgan fingerprint density at radius 1 is 0.405 bits per heavy atom. The van der Waals surface area contributed by atoms with Crippen molar-refractivity contribution in [2.24, 2.45) is 0 Å². The Bertz CT molecular complexity index is 1840. The molecule has 0 radical (unpaired) electrons. The Morgan fingerprint density at radius 3 is 1.08 bits per heavy atom. The second-order valence-electron chi connectivity index (χ2n) is 21.4. The number of ether oxygens (including phenoxy) is 2. The zero-order chi connectivity index (χ0) is 57.7. The molecule has 1 N–H and O–H groups in total. The third kappa shape index (κ3) is 62.9. The summed E-state index contributed by atoms with van der Waals surface area (Å²) in [6.07, 6.45) is 86.5. The molecule has 0 amide bonds. The van der Waals surface area contributed by atoms with Crippen LogP contribution in [-0.2, 0) is 32.7 Å². The van der Waals surface area contributed by atoms with Crippen LogP contribution in [-0.4, -0.2) is 74.9 Å². The number of allylic oxidation sites excluding steroid dienone is 24. The first-order valence-corrected chi connectivity index (χ1v) is 32.6. The van der Waals surface area contributed by atoms with Crippen molar-refractivity contribution in [2.45, 2.75) is 232 Å². The number of likely N-dealkylation sites (N-methyl/N-ethyl adjacent to an activating group) is 1. The van der Waals surface area contributed by atoms with E-state index in [2.05, 4.69) is 160 Å². The zero-order valence-corrected chi connectivity index (χ0v) is 51.7. The molecule has 10 heteroatoms. The summed E-state index contributed by atoms with van der Waals surface area (Å²) in [6, 6.07) is 0. The number of hydrogen-bond acceptors (Lipinski definition) is 7. The first-order valence-electron chi connectivity index (χ1n) is 31.1. The van der Waals surface area contributed by atoms with E-state index in [0.717, 1.165) is 135 Å². The number of hydrogen-bond donors (Lipinski definition) is 1. The summed E-state index contributed by atoms with van der Waals surface area (Å²) < 4.78 is 34.5. The second kappa shape index (κ2) is 58.5. The summed E-state index contributed by atoms with van der Waals surface area (Å²) >= 11 is 0. The SMILES string of the molecule is CC/C=C\C/C=C\C/C=C\C/C=C\C/C=C\C/C=C\C/C=C\C/C=C\C/C=C\C/C=C\CCCCCCCCCCCCC(=O)OC(COC(=O)CCCCCCC/C=C\C/C=C\CCCC)COP(=O)(O)OCC[N+](C)(C)C. The lowest BCUT2D eigenvalue weighted by Crippen LogP contribution is -2.37. The van der Waals surface area contributed by atoms with Gasteiger partial charge < -0.3 is 18.9 Å². The molecule has 0 saturated heterocycles. The predicted molar refractivity (Wildman–Crippen MR) is 339 cm³/mol. The summed E-state index contributed by atoms with van der Waals surface area (Å²) in [4.78, 5) is 35.6. The number of unbranched alkanes of at least 4 members (excludes halogenated alkanes) is 17. The Labute approximate surface area is 484 Å². The van der Waals surface area contributed by atoms with Crippen molar-refractivity contribution in [1.29, 1.82) is 0 Å². The van der Waals surface area contributed by atoms with E-state index in [0.29, 0.717) is 23.9 Å². The first kappa shape index (κ1) is 74.9. The van der Waals surface area contributed by atoms with Crippen molar-refractivity contribution in [3.8, 4) is 0 Å². The number of rotatable bonds is 55. The highest BCUT2D eigenvalue weighted by atomic mass is 31.2. The van der Waals surface area contributed by atoms with Gasteiger partial charge in [-0.2, -0.15) is 0 Å². The molecule has 0 fully saturated rings. The minimum Gasteiger partial charge on any atom is -0.462 e. The number of phosphoric ester groups is 1. The number of carbonyl (C=O) groups is 2. The van der Waals surface area contributed by atoms with Crippen molar-refractivity contribution in [3.63, 3.8) is 0 Å². The van der Waals surface area contributed by atoms with Crippen LogP contribution in [0.1, 0.15) is 226 Å². The van der Waals surface area contributed by atoms with E-state index in [4.69, 9.17) is 18.5 Å². The number of nitrogens with zero attached hydrogens (tertiary/aromatic N) is 1. The van der Waals surface area contributed by atoms with Gasteiger partial charge in [-0.3, -0.25) is 18.6 Å². The van der Waals surface area contributed by atoms with E-state index in [1.54, 1.807) is 0 Å². The van der Waals surface area contributed by atoms with Crippen LogP contribution in [0.2, 0.25) is 0 Å². The largest absolute Gasteiger partial charge is 0.472 e. The molecule has 0 aromatic carbocycles. The lowest BCUT2D eigenvalue weighted by atomic mass is 10.0. The topological polar surface area (TPSA) is 108 Å². The Kier molecular flexibility index (Phi) is 55.5. The van der Waals surface area contributed by atoms with E-state index in [9.17, 15) is 19.0 Å². The number of quaternary nitrogens is 1. The minimum absolute atomic E-state index is 0.0218. The van der Waals surface area contributed by atoms with Crippen LogP contribution in [0, 0.1) is 0 Å². The van der Waals surface area contributed by atoms with Crippen LogP contribution in [0.15, 0.2) is 146 Å². The molecule has 2 unspecified atom stereocenters. The predicted octanol–water partition coefficient (Wildman–Crippen LogP) is 19.9. The molecule has 2 atom stereocenters. The Hall–Kier alpha value is -4.11. The number of esters is 2. The quantitative estimate of drug-likeness (QED) is 0.0211. The Morgan fingerprint density at radius 2 is 0.722 bits per heavy atom. The molecule has 0 aromatic rings. The van der Waals surface area contributed by atoms with Gasteiger partial charge in [0.2, 0.25) is 0 Å². The van der Waals surface area contributed by atoms with Crippen molar-refractivity contribution in [1.82, 2.24) is 0 Å². The maximum absolute atomic E-state index is 12.8. The average Bonchev–Trinajstić information content (AvgIpc) is 3.41. The fourth-order valence-corrected chi connectivity index (χ4v) is 8.57. The van der Waals surface area contributed by atoms with E-state index < -0.39 is 26.5 Å². The van der Waals surface area contributed by atoms with Crippen molar-refractivity contribution in [3.05, 3.63) is 146 Å². The molecule has 0 rings (SSSR count). The molecular formula is C69H115NO8P+. The van der Waals surface area contributed by atoms with Gasteiger partial charge in [-0.25, -0.2) is 4.57 Å². The fourth-order valence-electron chi connectivity index (χ4n) is 7.82. The second-order valence-corrected chi connectivity index (χ2v) is 22.8. The maximum Gasteiger partial charge on any atom is 0.472 e. The molecule has 0 aliphatic rings. The van der Waals surface area contributed by atoms with Gasteiger partial charge in [-0.1, -0.05) is 243 Å². The smallest absolute Gasteiger partial charge is 0.462 e. The van der Waals surface area contributed by atoms with Gasteiger partial charge in [0.15, 0.2) is 6.10 Å². The van der Waals surface area contributed by atoms with Gasteiger partial charge >= 0.3 is 19.8 Å². The normalized spacial score (nSPS) is 14.3. The molecule has 79 heavy (non-hydrogen) atoms. The highest BCUT2D eigenvalue weighted by molar-refractivity contribution is 7.47. The van der Waals surface area contributed by atoms with Crippen LogP contribution in [0.25, 0.3) is 0 Å². The lowest BCUT2D eigenvalue weighted by molar-refractivity contribution is -0.870. The van der Waals surface area contributed by atoms with E-state index in [1.807, 2.05) is 21.1 Å². The summed E-state index contributed by atoms with van der Waals surface area (Å²) in [5.74, 6) is -0.828. The summed E-state index contributed by atoms with van der Waals surface area (Å²) in [5, 5.41) is 0. The molecule has 0 aliphatic heterocycles. The standard InChI is InChI=1S/C69H114NO8P/c1-6-8-10-12-14-16-18-20-22-23-24-25-26-27-28-29-30-31-32-33-34-35-36-37-38-39-40-41-42-43-44-45-46-47-48-50-52-54-56-58-60-62-69(72)78-67(66-77-79(73,74)76-64-63-70(3,4)5)65-75-68(71)61-59-57-55-53-51-49-21-19-17-15-13-11-9-7-2/h8,10,13-16,19-22,24-25,27-28,30-31,33-34,36-37,39-40,42-43,67H,6-7,9,11-12,17-18,23,26,29,32,35,38,41,44-66H2,1-5H3/p+1/b10-8-,15-13-,16-14-,21-19-,22-20-,25-24-,28-27-,31-30-,34-33-,37-36-,40-39-,43-42-. The molecule has 0 heterocycles. The van der Waals surface area contributed by atoms with E-state index in [1.165, 1.54) is 51.4 Å². The maximum atomic E-state index is 12.8. The van der Waals surface area contributed by atoms with Crippen LogP contribution in [0.3, 0.4) is 0 Å². The highest BCUT2D eigenvalue weighted by Crippen LogP contribution is 2.43. The van der Waals surface area contributed by atoms with Gasteiger partial charge in [0, 0.05) is 12.8 Å². The Balaban J connectivity index is 4.09. The van der Waals surface area contributed by atoms with Gasteiger partial charge in [0.25, 0.3) is 0 Å². The summed E-state index contributed by atoms with van der Waals surface area (Å²) in [5.41, 5.74) is 0. The molecular weight excluding hydrogens is 1000 g/mol. The number of phosphoric acid groups is 1. The third-order valence-electron chi connectivity index (χ3n) is 12.6. The van der Waals surface area contributed by atoms with Crippen molar-refractivity contribution in [2.75, 3.05) is 47.5 Å². The third-order valence-corrected chi connectivity index (χ3v) is 13.6. The van der Waals surface area contributed by atoms with Crippen molar-refractivity contribution >= 4 is 19.8 Å². The molecule has 9 nitrogen and oxygen atoms in total. The minimum atomic E-state index is -4.40. The average molecular weight is 1120 g/mol. The van der Waals surface area contributed by atoms with Crippen molar-refractivity contribution < 1.29 is 42.1 Å². The summed E-state index contributed by atoms with van der Waals surface area (Å²) in [6.45, 7) is 4.23. The first-order chi connectivity index (χ1) is 38.5. The zero-order valence-electron chi connectivity index (χ0n) is 50.8. The molecule has 448 valence electrons. The monoisotopic (exact) mass is 1120 g/mol. The molecule has 0 aliphatic carbocycles. The van der Waals surface area contributed by atoms with Crippen LogP contribution in [0.5, 0.6) is 0 Å². The van der Waals surface area contributed by atoms with Crippen LogP contribution >= 0.6 is 7.82 Å². The summed E-state index contributed by atoms with van der Waals surface area (Å²) in [7, 11) is 1.45. The molecule has 0 spiro atoms. The van der Waals surface area contributed by atoms with E-state index >= 15 is 0 Å². The van der Waals surface area contributed by atoms with Gasteiger partial charge in [0.1, 0.15) is 19.8 Å². The highest BCUT2D eigenvalue weighted by Gasteiger charge is 2.27. The van der Waals surface area contributed by atoms with Gasteiger partial charge in [-0.05, 0) is 116 Å². The fraction of sp³-hybridized carbons (Fsp3) is 0.623. The van der Waals surface area contributed by atoms with Gasteiger partial charge in [-0.15, -0.1) is 0 Å². The van der Waals surface area contributed by atoms with Crippen LogP contribution in [0.4, 0.5) is 0 Å². The molecule has 0 aromatic heterocycles.